The maximum absolute atomic E-state index is 13.0. The van der Waals surface area contributed by atoms with Gasteiger partial charge in [0.25, 0.3) is 10.0 Å². The molecule has 2 aromatic heterocycles. The van der Waals surface area contributed by atoms with Crippen molar-refractivity contribution in [3.8, 4) is 0 Å². The lowest BCUT2D eigenvalue weighted by atomic mass is 10.3. The molecular formula is C22H29N7O3S. The number of morpholine rings is 1. The van der Waals surface area contributed by atoms with Crippen LogP contribution in [0.25, 0.3) is 0 Å². The van der Waals surface area contributed by atoms with E-state index in [9.17, 15) is 8.42 Å². The quantitative estimate of drug-likeness (QED) is 0.541. The van der Waals surface area contributed by atoms with Gasteiger partial charge in [0.05, 0.1) is 24.6 Å². The minimum absolute atomic E-state index is 0.218. The van der Waals surface area contributed by atoms with Crippen LogP contribution in [0, 0.1) is 20.8 Å². The fourth-order valence-electron chi connectivity index (χ4n) is 3.90. The van der Waals surface area contributed by atoms with Gasteiger partial charge in [-0.1, -0.05) is 0 Å². The summed E-state index contributed by atoms with van der Waals surface area (Å²) in [5, 5.41) is 7.51. The van der Waals surface area contributed by atoms with Gasteiger partial charge in [-0.05, 0) is 52.0 Å². The first-order valence-electron chi connectivity index (χ1n) is 10.9. The maximum atomic E-state index is 13.0. The van der Waals surface area contributed by atoms with Crippen LogP contribution in [0.2, 0.25) is 0 Å². The standard InChI is InChI=1S/C22H29N7O3S/c1-5-29-17(4)21(16(3)26-29)33(30,31)27-19-8-6-18(7-9-19)24-22-23-15(2)14-20(25-22)28-10-12-32-13-11-28/h6-9,14,27H,5,10-13H2,1-4H3,(H,23,24,25). The molecule has 3 aromatic rings. The maximum Gasteiger partial charge on any atom is 0.265 e. The minimum atomic E-state index is -3.75. The predicted molar refractivity (Wildman–Crippen MR) is 128 cm³/mol. The molecule has 33 heavy (non-hydrogen) atoms. The number of hydrogen-bond acceptors (Lipinski definition) is 8. The summed E-state index contributed by atoms with van der Waals surface area (Å²) in [6.07, 6.45) is 0. The lowest BCUT2D eigenvalue weighted by Crippen LogP contribution is -2.36. The molecule has 0 amide bonds. The highest BCUT2D eigenvalue weighted by Gasteiger charge is 2.24. The Morgan fingerprint density at radius 1 is 1.03 bits per heavy atom. The average Bonchev–Trinajstić information content (AvgIpc) is 3.09. The Morgan fingerprint density at radius 2 is 1.70 bits per heavy atom. The zero-order valence-electron chi connectivity index (χ0n) is 19.3. The van der Waals surface area contributed by atoms with Gasteiger partial charge in [0.1, 0.15) is 10.7 Å². The van der Waals surface area contributed by atoms with Crippen molar-refractivity contribution in [1.82, 2.24) is 19.7 Å². The van der Waals surface area contributed by atoms with Gasteiger partial charge < -0.3 is 15.0 Å². The Labute approximate surface area is 194 Å². The molecule has 1 fully saturated rings. The third kappa shape index (κ3) is 5.09. The van der Waals surface area contributed by atoms with E-state index >= 15 is 0 Å². The summed E-state index contributed by atoms with van der Waals surface area (Å²) in [7, 11) is -3.75. The zero-order valence-corrected chi connectivity index (χ0v) is 20.1. The first kappa shape index (κ1) is 23.0. The molecule has 2 N–H and O–H groups in total. The normalized spacial score (nSPS) is 14.4. The molecule has 0 spiro atoms. The van der Waals surface area contributed by atoms with E-state index in [4.69, 9.17) is 4.74 Å². The van der Waals surface area contributed by atoms with Crippen LogP contribution in [-0.2, 0) is 21.3 Å². The van der Waals surface area contributed by atoms with E-state index in [1.54, 1.807) is 42.8 Å². The van der Waals surface area contributed by atoms with Gasteiger partial charge in [0, 0.05) is 42.8 Å². The number of aryl methyl sites for hydroxylation is 3. The van der Waals surface area contributed by atoms with Gasteiger partial charge >= 0.3 is 0 Å². The summed E-state index contributed by atoms with van der Waals surface area (Å²) in [5.41, 5.74) is 3.17. The largest absolute Gasteiger partial charge is 0.378 e. The fraction of sp³-hybridized carbons (Fsp3) is 0.409. The SMILES string of the molecule is CCn1nc(C)c(S(=O)(=O)Nc2ccc(Nc3nc(C)cc(N4CCOCC4)n3)cc2)c1C. The Balaban J connectivity index is 1.49. The Hall–Kier alpha value is -3.18. The minimum Gasteiger partial charge on any atom is -0.378 e. The third-order valence-electron chi connectivity index (χ3n) is 5.45. The van der Waals surface area contributed by atoms with E-state index in [0.717, 1.165) is 30.3 Å². The van der Waals surface area contributed by atoms with Crippen LogP contribution in [0.4, 0.5) is 23.1 Å². The molecule has 0 saturated carbocycles. The van der Waals surface area contributed by atoms with Crippen LogP contribution in [0.3, 0.4) is 0 Å². The number of nitrogens with one attached hydrogen (secondary N) is 2. The van der Waals surface area contributed by atoms with Crippen molar-refractivity contribution in [3.05, 3.63) is 47.4 Å². The molecule has 1 saturated heterocycles. The highest BCUT2D eigenvalue weighted by Crippen LogP contribution is 2.25. The number of aromatic nitrogens is 4. The summed E-state index contributed by atoms with van der Waals surface area (Å²) in [5.74, 6) is 1.35. The molecule has 0 radical (unpaired) electrons. The smallest absolute Gasteiger partial charge is 0.265 e. The predicted octanol–water partition coefficient (Wildman–Crippen LogP) is 3.00. The molecule has 0 unspecified atom stereocenters. The summed E-state index contributed by atoms with van der Waals surface area (Å²) >= 11 is 0. The summed E-state index contributed by atoms with van der Waals surface area (Å²) in [4.78, 5) is 11.5. The molecule has 3 heterocycles. The summed E-state index contributed by atoms with van der Waals surface area (Å²) in [6.45, 7) is 10.9. The summed E-state index contributed by atoms with van der Waals surface area (Å²) in [6, 6.07) is 8.93. The van der Waals surface area contributed by atoms with E-state index in [2.05, 4.69) is 30.0 Å². The Kier molecular flexibility index (Phi) is 6.52. The van der Waals surface area contributed by atoms with E-state index in [1.807, 2.05) is 19.9 Å². The van der Waals surface area contributed by atoms with Crippen molar-refractivity contribution in [1.29, 1.82) is 0 Å². The second-order valence-corrected chi connectivity index (χ2v) is 9.53. The second-order valence-electron chi connectivity index (χ2n) is 7.91. The van der Waals surface area contributed by atoms with Crippen LogP contribution in [0.5, 0.6) is 0 Å². The number of benzene rings is 1. The van der Waals surface area contributed by atoms with Gasteiger partial charge in [-0.3, -0.25) is 9.40 Å². The number of ether oxygens (including phenoxy) is 1. The van der Waals surface area contributed by atoms with Crippen LogP contribution in [0.15, 0.2) is 35.2 Å². The molecule has 176 valence electrons. The lowest BCUT2D eigenvalue weighted by molar-refractivity contribution is 0.122. The number of anilines is 4. The number of hydrogen-bond donors (Lipinski definition) is 2. The monoisotopic (exact) mass is 471 g/mol. The number of rotatable bonds is 7. The van der Waals surface area contributed by atoms with Crippen molar-refractivity contribution in [2.45, 2.75) is 39.1 Å². The van der Waals surface area contributed by atoms with Crippen molar-refractivity contribution in [2.75, 3.05) is 41.2 Å². The molecule has 0 atom stereocenters. The van der Waals surface area contributed by atoms with Crippen LogP contribution in [-0.4, -0.2) is 54.5 Å². The van der Waals surface area contributed by atoms with Crippen LogP contribution < -0.4 is 14.9 Å². The third-order valence-corrected chi connectivity index (χ3v) is 7.09. The molecule has 1 aromatic carbocycles. The molecule has 1 aliphatic rings. The molecule has 1 aliphatic heterocycles. The molecule has 0 bridgehead atoms. The van der Waals surface area contributed by atoms with Crippen molar-refractivity contribution in [3.63, 3.8) is 0 Å². The highest BCUT2D eigenvalue weighted by molar-refractivity contribution is 7.92. The number of nitrogens with zero attached hydrogens (tertiary/aromatic N) is 5. The average molecular weight is 472 g/mol. The molecule has 11 heteroatoms. The fourth-order valence-corrected chi connectivity index (χ4v) is 5.37. The molecule has 0 aliphatic carbocycles. The van der Waals surface area contributed by atoms with Crippen molar-refractivity contribution in [2.24, 2.45) is 0 Å². The van der Waals surface area contributed by atoms with Gasteiger partial charge in [0.2, 0.25) is 5.95 Å². The molecule has 4 rings (SSSR count). The second kappa shape index (κ2) is 9.36. The van der Waals surface area contributed by atoms with E-state index in [1.165, 1.54) is 0 Å². The lowest BCUT2D eigenvalue weighted by Gasteiger charge is -2.28. The van der Waals surface area contributed by atoms with Crippen molar-refractivity contribution < 1.29 is 13.2 Å². The van der Waals surface area contributed by atoms with E-state index < -0.39 is 10.0 Å². The van der Waals surface area contributed by atoms with E-state index in [-0.39, 0.29) is 4.90 Å². The van der Waals surface area contributed by atoms with Crippen LogP contribution in [0.1, 0.15) is 24.0 Å². The topological polar surface area (TPSA) is 114 Å². The zero-order chi connectivity index (χ0) is 23.6. The Bertz CT molecular complexity index is 1230. The number of sulfonamides is 1. The van der Waals surface area contributed by atoms with Gasteiger partial charge in [-0.25, -0.2) is 13.4 Å². The Morgan fingerprint density at radius 3 is 2.33 bits per heavy atom. The highest BCUT2D eigenvalue weighted by atomic mass is 32.2. The molecule has 10 nitrogen and oxygen atoms in total. The van der Waals surface area contributed by atoms with Gasteiger partial charge in [-0.2, -0.15) is 10.1 Å². The summed E-state index contributed by atoms with van der Waals surface area (Å²) < 4.78 is 35.7. The first-order chi connectivity index (χ1) is 15.8. The van der Waals surface area contributed by atoms with Crippen LogP contribution >= 0.6 is 0 Å². The van der Waals surface area contributed by atoms with E-state index in [0.29, 0.717) is 42.8 Å². The molecular weight excluding hydrogens is 442 g/mol. The first-order valence-corrected chi connectivity index (χ1v) is 12.4. The van der Waals surface area contributed by atoms with Gasteiger partial charge in [-0.15, -0.1) is 0 Å². The van der Waals surface area contributed by atoms with Gasteiger partial charge in [0.15, 0.2) is 0 Å². The van der Waals surface area contributed by atoms with Crippen molar-refractivity contribution >= 4 is 33.2 Å².